The first-order chi connectivity index (χ1) is 15.2. The number of piperidine rings is 1. The number of nitrogens with zero attached hydrogens (tertiary/aromatic N) is 2. The Balaban J connectivity index is 0.00000114. The van der Waals surface area contributed by atoms with Crippen molar-refractivity contribution in [1.29, 1.82) is 0 Å². The van der Waals surface area contributed by atoms with Crippen LogP contribution in [0.3, 0.4) is 0 Å². The van der Waals surface area contributed by atoms with Gasteiger partial charge in [-0.3, -0.25) is 9.69 Å². The third kappa shape index (κ3) is 7.52. The molecule has 32 heavy (non-hydrogen) atoms. The summed E-state index contributed by atoms with van der Waals surface area (Å²) in [5, 5.41) is 7.66. The molecule has 1 fully saturated rings. The van der Waals surface area contributed by atoms with E-state index in [4.69, 9.17) is 19.6 Å². The van der Waals surface area contributed by atoms with Gasteiger partial charge < -0.3 is 9.84 Å². The van der Waals surface area contributed by atoms with Crippen molar-refractivity contribution in [2.24, 2.45) is 11.3 Å². The summed E-state index contributed by atoms with van der Waals surface area (Å²) in [5.41, 5.74) is 2.06. The van der Waals surface area contributed by atoms with Crippen LogP contribution in [0.2, 0.25) is 0 Å². The maximum atomic E-state index is 12.8. The molecule has 2 heterocycles. The minimum Gasteiger partial charge on any atom is -0.483 e. The fourth-order valence-electron chi connectivity index (χ4n) is 4.01. The van der Waals surface area contributed by atoms with E-state index in [0.29, 0.717) is 16.9 Å². The van der Waals surface area contributed by atoms with Crippen molar-refractivity contribution in [3.8, 4) is 16.3 Å². The Morgan fingerprint density at radius 2 is 2.03 bits per heavy atom. The third-order valence-corrected chi connectivity index (χ3v) is 6.81. The standard InChI is InChI=1S/C23H32F2N2OS.CH2O2/c1-5-9-18-20(15-27-13-8-10-16(14-27)23(2,3)4)29-21(26-18)17-11-6-7-12-19(17)28-22(24)25;2-1-3/h6-7,11-12,16,22H,5,8-10,13-15H2,1-4H3;1H,(H,2,3). The summed E-state index contributed by atoms with van der Waals surface area (Å²) in [6, 6.07) is 6.95. The second-order valence-electron chi connectivity index (χ2n) is 9.06. The minimum atomic E-state index is -2.84. The van der Waals surface area contributed by atoms with Gasteiger partial charge in [-0.1, -0.05) is 46.2 Å². The fourth-order valence-corrected chi connectivity index (χ4v) is 5.19. The highest BCUT2D eigenvalue weighted by atomic mass is 32.1. The van der Waals surface area contributed by atoms with Crippen molar-refractivity contribution in [2.75, 3.05) is 13.1 Å². The molecule has 8 heteroatoms. The van der Waals surface area contributed by atoms with E-state index in [1.54, 1.807) is 23.5 Å². The number of halogens is 2. The van der Waals surface area contributed by atoms with Crippen molar-refractivity contribution < 1.29 is 23.4 Å². The van der Waals surface area contributed by atoms with Crippen LogP contribution < -0.4 is 4.74 Å². The SMILES string of the molecule is CCCc1nc(-c2ccccc2OC(F)F)sc1CN1CCCC(C(C)(C)C)C1.O=CO. The maximum absolute atomic E-state index is 12.8. The van der Waals surface area contributed by atoms with E-state index in [2.05, 4.69) is 32.6 Å². The Morgan fingerprint density at radius 3 is 2.66 bits per heavy atom. The Kier molecular flexibility index (Phi) is 10.0. The summed E-state index contributed by atoms with van der Waals surface area (Å²) in [7, 11) is 0. The molecule has 1 aliphatic rings. The minimum absolute atomic E-state index is 0.191. The van der Waals surface area contributed by atoms with Crippen LogP contribution >= 0.6 is 11.3 Å². The van der Waals surface area contributed by atoms with Crippen molar-refractivity contribution in [2.45, 2.75) is 66.5 Å². The number of likely N-dealkylation sites (tertiary alicyclic amines) is 1. The zero-order chi connectivity index (χ0) is 23.7. The van der Waals surface area contributed by atoms with Gasteiger partial charge in [0.2, 0.25) is 0 Å². The summed E-state index contributed by atoms with van der Waals surface area (Å²) < 4.78 is 30.4. The molecule has 178 valence electrons. The van der Waals surface area contributed by atoms with Crippen LogP contribution in [0.1, 0.15) is 57.5 Å². The number of carbonyl (C=O) groups is 1. The topological polar surface area (TPSA) is 62.7 Å². The maximum Gasteiger partial charge on any atom is 0.387 e. The molecule has 2 aromatic rings. The van der Waals surface area contributed by atoms with E-state index in [9.17, 15) is 8.78 Å². The smallest absolute Gasteiger partial charge is 0.387 e. The molecular weight excluding hydrogens is 434 g/mol. The molecule has 3 rings (SSSR count). The lowest BCUT2D eigenvalue weighted by molar-refractivity contribution is -0.122. The van der Waals surface area contributed by atoms with Gasteiger partial charge in [0.25, 0.3) is 6.47 Å². The van der Waals surface area contributed by atoms with Gasteiger partial charge in [0.1, 0.15) is 10.8 Å². The highest BCUT2D eigenvalue weighted by Gasteiger charge is 2.30. The zero-order valence-corrected chi connectivity index (χ0v) is 20.1. The molecule has 1 saturated heterocycles. The lowest BCUT2D eigenvalue weighted by Crippen LogP contribution is -2.40. The molecule has 1 unspecified atom stereocenters. The number of alkyl halides is 2. The molecule has 0 spiro atoms. The van der Waals surface area contributed by atoms with E-state index in [-0.39, 0.29) is 12.2 Å². The zero-order valence-electron chi connectivity index (χ0n) is 19.3. The van der Waals surface area contributed by atoms with Crippen LogP contribution in [-0.2, 0) is 17.8 Å². The average Bonchev–Trinajstić information content (AvgIpc) is 3.11. The normalized spacial score (nSPS) is 17.0. The first-order valence-electron chi connectivity index (χ1n) is 11.0. The molecule has 1 atom stereocenters. The molecule has 0 bridgehead atoms. The van der Waals surface area contributed by atoms with Crippen molar-refractivity contribution in [1.82, 2.24) is 9.88 Å². The number of rotatable bonds is 7. The van der Waals surface area contributed by atoms with E-state index < -0.39 is 6.61 Å². The summed E-state index contributed by atoms with van der Waals surface area (Å²) in [6.07, 6.45) is 4.42. The summed E-state index contributed by atoms with van der Waals surface area (Å²) in [6.45, 7) is 9.14. The molecule has 1 aliphatic heterocycles. The first kappa shape index (κ1) is 26.2. The Morgan fingerprint density at radius 1 is 1.34 bits per heavy atom. The molecule has 1 aromatic heterocycles. The number of benzene rings is 1. The van der Waals surface area contributed by atoms with E-state index in [1.165, 1.54) is 17.7 Å². The van der Waals surface area contributed by atoms with Gasteiger partial charge in [0.15, 0.2) is 0 Å². The number of hydrogen-bond acceptors (Lipinski definition) is 5. The van der Waals surface area contributed by atoms with Gasteiger partial charge in [0, 0.05) is 18.0 Å². The number of ether oxygens (including phenoxy) is 1. The van der Waals surface area contributed by atoms with Crippen molar-refractivity contribution in [3.05, 3.63) is 34.8 Å². The Bertz CT molecular complexity index is 852. The molecule has 5 nitrogen and oxygen atoms in total. The molecule has 0 amide bonds. The van der Waals surface area contributed by atoms with Gasteiger partial charge in [-0.15, -0.1) is 11.3 Å². The van der Waals surface area contributed by atoms with Crippen LogP contribution in [0.5, 0.6) is 5.75 Å². The number of carboxylic acid groups (broad SMARTS) is 1. The Hall–Kier alpha value is -2.06. The number of thiazole rings is 1. The Labute approximate surface area is 193 Å². The summed E-state index contributed by atoms with van der Waals surface area (Å²) >= 11 is 1.62. The number of aryl methyl sites for hydroxylation is 1. The molecule has 0 radical (unpaired) electrons. The monoisotopic (exact) mass is 468 g/mol. The predicted molar refractivity (Wildman–Crippen MR) is 124 cm³/mol. The largest absolute Gasteiger partial charge is 0.483 e. The van der Waals surface area contributed by atoms with Crippen LogP contribution in [0.25, 0.3) is 10.6 Å². The van der Waals surface area contributed by atoms with Gasteiger partial charge in [-0.25, -0.2) is 4.98 Å². The van der Waals surface area contributed by atoms with Crippen LogP contribution in [0, 0.1) is 11.3 Å². The van der Waals surface area contributed by atoms with E-state index in [1.807, 2.05) is 12.1 Å². The van der Waals surface area contributed by atoms with Crippen LogP contribution in [0.4, 0.5) is 8.78 Å². The van der Waals surface area contributed by atoms with E-state index in [0.717, 1.165) is 43.2 Å². The molecule has 1 aromatic carbocycles. The summed E-state index contributed by atoms with van der Waals surface area (Å²) in [4.78, 5) is 17.0. The fraction of sp³-hybridized carbons (Fsp3) is 0.583. The third-order valence-electron chi connectivity index (χ3n) is 5.70. The average molecular weight is 469 g/mol. The highest BCUT2D eigenvalue weighted by Crippen LogP contribution is 2.38. The molecular formula is C24H34F2N2O3S. The van der Waals surface area contributed by atoms with Gasteiger partial charge in [0.05, 0.1) is 11.3 Å². The molecule has 0 aliphatic carbocycles. The quantitative estimate of drug-likeness (QED) is 0.482. The predicted octanol–water partition coefficient (Wildman–Crippen LogP) is 6.32. The van der Waals surface area contributed by atoms with Crippen molar-refractivity contribution >= 4 is 17.8 Å². The van der Waals surface area contributed by atoms with Crippen LogP contribution in [0.15, 0.2) is 24.3 Å². The number of hydrogen-bond donors (Lipinski definition) is 1. The second kappa shape index (κ2) is 12.3. The molecule has 1 N–H and O–H groups in total. The molecule has 0 saturated carbocycles. The van der Waals surface area contributed by atoms with Crippen LogP contribution in [-0.4, -0.2) is 41.2 Å². The summed E-state index contributed by atoms with van der Waals surface area (Å²) in [5.74, 6) is 0.884. The van der Waals surface area contributed by atoms with Crippen molar-refractivity contribution in [3.63, 3.8) is 0 Å². The van der Waals surface area contributed by atoms with Gasteiger partial charge in [-0.05, 0) is 49.3 Å². The van der Waals surface area contributed by atoms with E-state index >= 15 is 0 Å². The lowest BCUT2D eigenvalue weighted by atomic mass is 9.76. The van der Waals surface area contributed by atoms with Gasteiger partial charge in [-0.2, -0.15) is 8.78 Å². The first-order valence-corrected chi connectivity index (χ1v) is 11.8. The lowest BCUT2D eigenvalue weighted by Gasteiger charge is -2.39. The number of para-hydroxylation sites is 1. The number of aromatic nitrogens is 1. The van der Waals surface area contributed by atoms with Gasteiger partial charge >= 0.3 is 6.61 Å². The second-order valence-corrected chi connectivity index (χ2v) is 10.1. The highest BCUT2D eigenvalue weighted by molar-refractivity contribution is 7.15.